The van der Waals surface area contributed by atoms with Crippen molar-refractivity contribution >= 4 is 11.7 Å². The van der Waals surface area contributed by atoms with Crippen molar-refractivity contribution in [3.8, 4) is 11.5 Å². The minimum atomic E-state index is -1.00. The van der Waals surface area contributed by atoms with Crippen molar-refractivity contribution in [1.29, 1.82) is 0 Å². The van der Waals surface area contributed by atoms with Gasteiger partial charge in [0.1, 0.15) is 30.8 Å². The first-order chi connectivity index (χ1) is 20.7. The van der Waals surface area contributed by atoms with E-state index in [0.29, 0.717) is 39.3 Å². The second kappa shape index (κ2) is 15.2. The van der Waals surface area contributed by atoms with Crippen LogP contribution in [0, 0.1) is 13.8 Å². The topological polar surface area (TPSA) is 88.3 Å². The van der Waals surface area contributed by atoms with Crippen LogP contribution in [0.5, 0.6) is 11.5 Å². The highest BCUT2D eigenvalue weighted by atomic mass is 16.5. The molecule has 43 heavy (non-hydrogen) atoms. The Hall–Kier alpha value is -4.33. The molecule has 0 saturated carbocycles. The van der Waals surface area contributed by atoms with Crippen molar-refractivity contribution < 1.29 is 19.4 Å². The molecule has 7 heteroatoms. The van der Waals surface area contributed by atoms with Gasteiger partial charge < -0.3 is 25.2 Å². The fourth-order valence-corrected chi connectivity index (χ4v) is 5.09. The van der Waals surface area contributed by atoms with Crippen LogP contribution in [0.2, 0.25) is 0 Å². The number of nitrogens with two attached hydrogens (primary N) is 1. The summed E-state index contributed by atoms with van der Waals surface area (Å²) in [5.74, 6) is 0.593. The number of ether oxygens (including phenoxy) is 2. The van der Waals surface area contributed by atoms with Crippen LogP contribution in [0.4, 0.5) is 5.69 Å². The number of aliphatic carboxylic acids is 1. The average Bonchev–Trinajstić information content (AvgIpc) is 2.98. The van der Waals surface area contributed by atoms with Crippen molar-refractivity contribution in [1.82, 2.24) is 4.90 Å². The molecule has 226 valence electrons. The van der Waals surface area contributed by atoms with Crippen LogP contribution in [0.1, 0.15) is 39.8 Å². The van der Waals surface area contributed by atoms with Crippen LogP contribution in [0.15, 0.2) is 91.0 Å². The summed E-state index contributed by atoms with van der Waals surface area (Å²) >= 11 is 0. The van der Waals surface area contributed by atoms with Crippen molar-refractivity contribution in [2.75, 3.05) is 25.5 Å². The maximum Gasteiger partial charge on any atom is 0.320 e. The summed E-state index contributed by atoms with van der Waals surface area (Å²) in [5.41, 5.74) is 13.6. The third kappa shape index (κ3) is 9.33. The first-order valence-electron chi connectivity index (χ1n) is 14.6. The van der Waals surface area contributed by atoms with E-state index in [4.69, 9.17) is 15.2 Å². The maximum atomic E-state index is 11.6. The molecule has 7 nitrogen and oxygen atoms in total. The second-order valence-corrected chi connectivity index (χ2v) is 11.3. The van der Waals surface area contributed by atoms with Crippen molar-refractivity contribution in [3.05, 3.63) is 124 Å². The van der Waals surface area contributed by atoms with Crippen molar-refractivity contribution in [2.45, 2.75) is 52.6 Å². The van der Waals surface area contributed by atoms with Crippen LogP contribution in [-0.2, 0) is 31.1 Å². The fraction of sp³-hybridized carbons (Fsp3) is 0.306. The lowest BCUT2D eigenvalue weighted by molar-refractivity contribution is -0.138. The van der Waals surface area contributed by atoms with Gasteiger partial charge in [-0.25, -0.2) is 0 Å². The first kappa shape index (κ1) is 31.6. The van der Waals surface area contributed by atoms with Crippen LogP contribution in [0.3, 0.4) is 0 Å². The lowest BCUT2D eigenvalue weighted by atomic mass is 10.1. The van der Waals surface area contributed by atoms with E-state index < -0.39 is 12.0 Å². The van der Waals surface area contributed by atoms with Gasteiger partial charge in [0.15, 0.2) is 0 Å². The number of carbonyl (C=O) groups is 1. The minimum absolute atomic E-state index is 0.311. The molecule has 4 aromatic rings. The quantitative estimate of drug-likeness (QED) is 0.170. The third-order valence-corrected chi connectivity index (χ3v) is 7.37. The van der Waals surface area contributed by atoms with Gasteiger partial charge in [-0.15, -0.1) is 0 Å². The van der Waals surface area contributed by atoms with Crippen LogP contribution in [0.25, 0.3) is 0 Å². The van der Waals surface area contributed by atoms with Crippen LogP contribution in [-0.4, -0.2) is 42.7 Å². The number of benzene rings is 4. The summed E-state index contributed by atoms with van der Waals surface area (Å²) < 4.78 is 12.7. The maximum absolute atomic E-state index is 11.6. The zero-order chi connectivity index (χ0) is 30.8. The Morgan fingerprint density at radius 2 is 1.37 bits per heavy atom. The first-order valence-corrected chi connectivity index (χ1v) is 14.6. The molecule has 0 aliphatic carbocycles. The number of anilines is 1. The summed E-state index contributed by atoms with van der Waals surface area (Å²) in [5, 5.41) is 9.48. The van der Waals surface area contributed by atoms with E-state index in [1.54, 1.807) is 0 Å². The fourth-order valence-electron chi connectivity index (χ4n) is 5.09. The highest BCUT2D eigenvalue weighted by Crippen LogP contribution is 2.32. The number of aryl methyl sites for hydroxylation is 2. The smallest absolute Gasteiger partial charge is 0.320 e. The molecular weight excluding hydrogens is 538 g/mol. The predicted molar refractivity (Wildman–Crippen MR) is 173 cm³/mol. The molecule has 0 fully saturated rings. The molecular formula is C36H43N3O4. The Balaban J connectivity index is 1.60. The average molecular weight is 582 g/mol. The SMILES string of the molecule is Cc1cccc(COc2ccccc2CN(CC[C@H](N)C(=O)O)Cc2c(OCc3cccc(C)c3)cccc2N(C)C)c1. The molecule has 1 atom stereocenters. The number of hydrogen-bond donors (Lipinski definition) is 2. The van der Waals surface area contributed by atoms with E-state index in [-0.39, 0.29) is 0 Å². The molecule has 0 radical (unpaired) electrons. The molecule has 4 aromatic carbocycles. The minimum Gasteiger partial charge on any atom is -0.489 e. The normalized spacial score (nSPS) is 11.8. The van der Waals surface area contributed by atoms with Crippen LogP contribution < -0.4 is 20.1 Å². The Kier molecular flexibility index (Phi) is 11.2. The lowest BCUT2D eigenvalue weighted by Gasteiger charge is -2.28. The molecule has 0 unspecified atom stereocenters. The van der Waals surface area contributed by atoms with Gasteiger partial charge in [0.2, 0.25) is 0 Å². The van der Waals surface area contributed by atoms with E-state index in [9.17, 15) is 9.90 Å². The second-order valence-electron chi connectivity index (χ2n) is 11.3. The highest BCUT2D eigenvalue weighted by Gasteiger charge is 2.20. The summed E-state index contributed by atoms with van der Waals surface area (Å²) in [6.45, 7) is 6.63. The number of para-hydroxylation sites is 1. The summed E-state index contributed by atoms with van der Waals surface area (Å²) in [7, 11) is 4.03. The number of carboxylic acid groups (broad SMARTS) is 1. The van der Waals surface area contributed by atoms with E-state index in [1.807, 2.05) is 56.6 Å². The van der Waals surface area contributed by atoms with E-state index in [0.717, 1.165) is 39.4 Å². The molecule has 4 rings (SSSR count). The zero-order valence-corrected chi connectivity index (χ0v) is 25.6. The van der Waals surface area contributed by atoms with Gasteiger partial charge in [-0.3, -0.25) is 9.69 Å². The standard InChI is InChI=1S/C36H43N3O4/c1-26-10-7-12-28(20-26)24-42-34-16-6-5-14-30(34)22-39(19-18-32(37)36(40)41)23-31-33(38(3)4)15-9-17-35(31)43-25-29-13-8-11-27(2)21-29/h5-17,20-21,32H,18-19,22-25,37H2,1-4H3,(H,40,41)/t32-/m0/s1. The lowest BCUT2D eigenvalue weighted by Crippen LogP contribution is -2.35. The van der Waals surface area contributed by atoms with Gasteiger partial charge in [0.25, 0.3) is 0 Å². The Bertz CT molecular complexity index is 1500. The Morgan fingerprint density at radius 1 is 0.791 bits per heavy atom. The molecule has 0 bridgehead atoms. The zero-order valence-electron chi connectivity index (χ0n) is 25.6. The summed E-state index contributed by atoms with van der Waals surface area (Å²) in [6.07, 6.45) is 0.311. The van der Waals surface area contributed by atoms with Gasteiger partial charge >= 0.3 is 5.97 Å². The Labute approximate surface area is 255 Å². The molecule has 0 spiro atoms. The summed E-state index contributed by atoms with van der Waals surface area (Å²) in [4.78, 5) is 15.9. The van der Waals surface area contributed by atoms with Gasteiger partial charge in [0.05, 0.1) is 0 Å². The molecule has 0 amide bonds. The van der Waals surface area contributed by atoms with E-state index in [1.165, 1.54) is 11.1 Å². The van der Waals surface area contributed by atoms with E-state index in [2.05, 4.69) is 72.2 Å². The molecule has 0 aromatic heterocycles. The Morgan fingerprint density at radius 3 is 1.98 bits per heavy atom. The van der Waals surface area contributed by atoms with Gasteiger partial charge in [-0.05, 0) is 49.6 Å². The molecule has 0 aliphatic rings. The molecule has 0 aliphatic heterocycles. The van der Waals surface area contributed by atoms with E-state index >= 15 is 0 Å². The molecule has 0 saturated heterocycles. The van der Waals surface area contributed by atoms with Crippen molar-refractivity contribution in [2.24, 2.45) is 5.73 Å². The van der Waals surface area contributed by atoms with Gasteiger partial charge in [-0.1, -0.05) is 83.9 Å². The van der Waals surface area contributed by atoms with Gasteiger partial charge in [0, 0.05) is 50.5 Å². The largest absolute Gasteiger partial charge is 0.489 e. The van der Waals surface area contributed by atoms with Gasteiger partial charge in [-0.2, -0.15) is 0 Å². The molecule has 0 heterocycles. The monoisotopic (exact) mass is 581 g/mol. The number of nitrogens with zero attached hydrogens (tertiary/aromatic N) is 2. The summed E-state index contributed by atoms with van der Waals surface area (Å²) in [6, 6.07) is 29.7. The number of rotatable bonds is 15. The van der Waals surface area contributed by atoms with Crippen molar-refractivity contribution in [3.63, 3.8) is 0 Å². The molecule has 3 N–H and O–H groups in total. The third-order valence-electron chi connectivity index (χ3n) is 7.37. The van der Waals surface area contributed by atoms with Crippen LogP contribution >= 0.6 is 0 Å². The number of hydrogen-bond acceptors (Lipinski definition) is 6. The highest BCUT2D eigenvalue weighted by molar-refractivity contribution is 5.73. The predicted octanol–water partition coefficient (Wildman–Crippen LogP) is 6.33. The number of carboxylic acids is 1.